The van der Waals surface area contributed by atoms with Crippen LogP contribution >= 0.6 is 11.6 Å². The molecule has 1 aromatic heterocycles. The molecule has 0 radical (unpaired) electrons. The van der Waals surface area contributed by atoms with Gasteiger partial charge in [-0.1, -0.05) is 11.6 Å². The number of nitrogens with one attached hydrogen (secondary N) is 1. The topological polar surface area (TPSA) is 84.4 Å². The van der Waals surface area contributed by atoms with Crippen molar-refractivity contribution in [2.24, 2.45) is 0 Å². The van der Waals surface area contributed by atoms with Crippen LogP contribution in [0.2, 0.25) is 5.15 Å². The van der Waals surface area contributed by atoms with E-state index in [1.807, 2.05) is 13.8 Å². The molecule has 2 unspecified atom stereocenters. The van der Waals surface area contributed by atoms with Crippen LogP contribution < -0.4 is 4.72 Å². The summed E-state index contributed by atoms with van der Waals surface area (Å²) in [4.78, 5) is 7.61. The molecule has 1 aliphatic heterocycles. The van der Waals surface area contributed by atoms with Gasteiger partial charge < -0.3 is 4.74 Å². The summed E-state index contributed by atoms with van der Waals surface area (Å²) in [6, 6.07) is 1.47. The van der Waals surface area contributed by atoms with E-state index in [2.05, 4.69) is 14.7 Å². The van der Waals surface area contributed by atoms with Crippen molar-refractivity contribution >= 4 is 27.8 Å². The molecule has 1 aromatic rings. The molecule has 2 atom stereocenters. The van der Waals surface area contributed by atoms with Crippen LogP contribution in [0.15, 0.2) is 12.3 Å². The van der Waals surface area contributed by atoms with E-state index in [9.17, 15) is 8.42 Å². The standard InChI is InChI=1S/C10H15ClN4O3S/c1-7-5-15(6-8(2)18-7)19(16,17)14-10-12-4-3-9(11)13-10/h3-4,7-8H,5-6H2,1-2H3,(H,12,13,14). The number of hydrogen-bond donors (Lipinski definition) is 1. The predicted molar refractivity (Wildman–Crippen MR) is 71.2 cm³/mol. The zero-order chi connectivity index (χ0) is 14.0. The molecule has 9 heteroatoms. The van der Waals surface area contributed by atoms with Crippen LogP contribution in [0.1, 0.15) is 13.8 Å². The fraction of sp³-hybridized carbons (Fsp3) is 0.600. The predicted octanol–water partition coefficient (Wildman–Crippen LogP) is 0.896. The molecule has 0 aromatic carbocycles. The van der Waals surface area contributed by atoms with Crippen LogP contribution in [0.4, 0.5) is 5.95 Å². The third-order valence-electron chi connectivity index (χ3n) is 2.57. The second-order valence-corrected chi connectivity index (χ2v) is 6.44. The first-order valence-corrected chi connectivity index (χ1v) is 7.60. The molecule has 0 amide bonds. The molecule has 1 saturated heterocycles. The van der Waals surface area contributed by atoms with Gasteiger partial charge in [-0.25, -0.2) is 14.7 Å². The second-order valence-electron chi connectivity index (χ2n) is 4.38. The molecule has 106 valence electrons. The van der Waals surface area contributed by atoms with Gasteiger partial charge in [-0.15, -0.1) is 0 Å². The Morgan fingerprint density at radius 2 is 2.05 bits per heavy atom. The maximum absolute atomic E-state index is 12.2. The zero-order valence-electron chi connectivity index (χ0n) is 10.6. The molecule has 7 nitrogen and oxygen atoms in total. The van der Waals surface area contributed by atoms with Gasteiger partial charge in [-0.05, 0) is 19.9 Å². The quantitative estimate of drug-likeness (QED) is 0.839. The first kappa shape index (κ1) is 14.4. The van der Waals surface area contributed by atoms with Crippen LogP contribution in [0, 0.1) is 0 Å². The van der Waals surface area contributed by atoms with Crippen LogP contribution in [0.5, 0.6) is 0 Å². The minimum Gasteiger partial charge on any atom is -0.373 e. The van der Waals surface area contributed by atoms with Crippen LogP contribution in [0.25, 0.3) is 0 Å². The summed E-state index contributed by atoms with van der Waals surface area (Å²) in [7, 11) is -3.70. The number of hydrogen-bond acceptors (Lipinski definition) is 5. The Labute approximate surface area is 117 Å². The number of morpholine rings is 1. The summed E-state index contributed by atoms with van der Waals surface area (Å²) in [5.41, 5.74) is 0. The lowest BCUT2D eigenvalue weighted by Crippen LogP contribution is -2.50. The Hall–Kier alpha value is -0.960. The first-order valence-electron chi connectivity index (χ1n) is 5.79. The number of aromatic nitrogens is 2. The lowest BCUT2D eigenvalue weighted by molar-refractivity contribution is -0.0439. The normalized spacial score (nSPS) is 25.2. The minimum absolute atomic E-state index is 0.0423. The average molecular weight is 307 g/mol. The summed E-state index contributed by atoms with van der Waals surface area (Å²) < 4.78 is 33.5. The molecule has 0 bridgehead atoms. The van der Waals surface area contributed by atoms with Crippen molar-refractivity contribution in [3.05, 3.63) is 17.4 Å². The Balaban J connectivity index is 2.14. The summed E-state index contributed by atoms with van der Waals surface area (Å²) >= 11 is 5.69. The molecule has 0 spiro atoms. The van der Waals surface area contributed by atoms with E-state index < -0.39 is 10.2 Å². The van der Waals surface area contributed by atoms with Crippen LogP contribution in [-0.2, 0) is 14.9 Å². The van der Waals surface area contributed by atoms with Gasteiger partial charge in [0.1, 0.15) is 5.15 Å². The summed E-state index contributed by atoms with van der Waals surface area (Å²) in [6.07, 6.45) is 1.08. The summed E-state index contributed by atoms with van der Waals surface area (Å²) in [5, 5.41) is 0.177. The SMILES string of the molecule is CC1CN(S(=O)(=O)Nc2nccc(Cl)n2)CC(C)O1. The lowest BCUT2D eigenvalue weighted by Gasteiger charge is -2.34. The van der Waals surface area contributed by atoms with Gasteiger partial charge in [0.25, 0.3) is 0 Å². The van der Waals surface area contributed by atoms with Crippen molar-refractivity contribution in [1.29, 1.82) is 0 Å². The third-order valence-corrected chi connectivity index (χ3v) is 4.20. The molecule has 1 aliphatic rings. The first-order chi connectivity index (χ1) is 8.87. The Morgan fingerprint density at radius 1 is 1.42 bits per heavy atom. The van der Waals surface area contributed by atoms with Gasteiger partial charge in [0.2, 0.25) is 5.95 Å². The Bertz CT molecular complexity index is 543. The Morgan fingerprint density at radius 3 is 2.63 bits per heavy atom. The van der Waals surface area contributed by atoms with Crippen LogP contribution in [-0.4, -0.2) is 48.0 Å². The highest BCUT2D eigenvalue weighted by atomic mass is 35.5. The van der Waals surface area contributed by atoms with Gasteiger partial charge in [0.05, 0.1) is 12.2 Å². The van der Waals surface area contributed by atoms with Crippen molar-refractivity contribution in [1.82, 2.24) is 14.3 Å². The van der Waals surface area contributed by atoms with Gasteiger partial charge >= 0.3 is 10.2 Å². The molecule has 2 heterocycles. The fourth-order valence-corrected chi connectivity index (χ4v) is 3.30. The molecule has 0 aliphatic carbocycles. The number of anilines is 1. The molecule has 0 saturated carbocycles. The molecule has 1 fully saturated rings. The molecule has 2 rings (SSSR count). The summed E-state index contributed by atoms with van der Waals surface area (Å²) in [6.45, 7) is 4.24. The van der Waals surface area contributed by atoms with Crippen LogP contribution in [0.3, 0.4) is 0 Å². The van der Waals surface area contributed by atoms with Crippen molar-refractivity contribution in [3.63, 3.8) is 0 Å². The van der Waals surface area contributed by atoms with Crippen molar-refractivity contribution in [3.8, 4) is 0 Å². The van der Waals surface area contributed by atoms with E-state index in [4.69, 9.17) is 16.3 Å². The smallest absolute Gasteiger partial charge is 0.304 e. The fourth-order valence-electron chi connectivity index (χ4n) is 1.89. The number of rotatable bonds is 3. The third kappa shape index (κ3) is 3.75. The second kappa shape index (κ2) is 5.58. The van der Waals surface area contributed by atoms with Gasteiger partial charge in [0, 0.05) is 19.3 Å². The molecule has 1 N–H and O–H groups in total. The molecular formula is C10H15ClN4O3S. The maximum atomic E-state index is 12.2. The number of halogens is 1. The number of nitrogens with zero attached hydrogens (tertiary/aromatic N) is 3. The van der Waals surface area contributed by atoms with Crippen molar-refractivity contribution in [2.75, 3.05) is 17.8 Å². The zero-order valence-corrected chi connectivity index (χ0v) is 12.1. The van der Waals surface area contributed by atoms with Gasteiger partial charge in [0.15, 0.2) is 0 Å². The lowest BCUT2D eigenvalue weighted by atomic mass is 10.3. The summed E-state index contributed by atoms with van der Waals surface area (Å²) in [5.74, 6) is -0.0423. The maximum Gasteiger partial charge on any atom is 0.304 e. The van der Waals surface area contributed by atoms with E-state index in [1.54, 1.807) is 0 Å². The highest BCUT2D eigenvalue weighted by molar-refractivity contribution is 7.90. The van der Waals surface area contributed by atoms with Gasteiger partial charge in [-0.2, -0.15) is 12.7 Å². The van der Waals surface area contributed by atoms with E-state index in [0.29, 0.717) is 13.1 Å². The highest BCUT2D eigenvalue weighted by Crippen LogP contribution is 2.16. The van der Waals surface area contributed by atoms with Crippen molar-refractivity contribution < 1.29 is 13.2 Å². The van der Waals surface area contributed by atoms with E-state index in [0.717, 1.165) is 0 Å². The monoisotopic (exact) mass is 306 g/mol. The minimum atomic E-state index is -3.70. The average Bonchev–Trinajstić information content (AvgIpc) is 2.26. The van der Waals surface area contributed by atoms with Gasteiger partial charge in [-0.3, -0.25) is 0 Å². The number of ether oxygens (including phenoxy) is 1. The molecular weight excluding hydrogens is 292 g/mol. The van der Waals surface area contributed by atoms with E-state index in [1.165, 1.54) is 16.6 Å². The van der Waals surface area contributed by atoms with E-state index in [-0.39, 0.29) is 23.3 Å². The largest absolute Gasteiger partial charge is 0.373 e. The molecule has 19 heavy (non-hydrogen) atoms. The van der Waals surface area contributed by atoms with E-state index >= 15 is 0 Å². The van der Waals surface area contributed by atoms with Crippen molar-refractivity contribution in [2.45, 2.75) is 26.1 Å². The Kier molecular flexibility index (Phi) is 4.24. The highest BCUT2D eigenvalue weighted by Gasteiger charge is 2.31.